The minimum Gasteiger partial charge on any atom is -0.508 e. The zero-order valence-electron chi connectivity index (χ0n) is 49.8. The summed E-state index contributed by atoms with van der Waals surface area (Å²) in [6.45, 7) is 5.38. The van der Waals surface area contributed by atoms with Crippen molar-refractivity contribution in [1.29, 1.82) is 0 Å². The highest BCUT2D eigenvalue weighted by molar-refractivity contribution is 9.11. The van der Waals surface area contributed by atoms with E-state index in [4.69, 9.17) is 76.2 Å². The summed E-state index contributed by atoms with van der Waals surface area (Å²) >= 11 is 48.3. The maximum atomic E-state index is 13.4. The minimum atomic E-state index is -0.453. The van der Waals surface area contributed by atoms with Gasteiger partial charge < -0.3 is 25.2 Å². The lowest BCUT2D eigenvalue weighted by atomic mass is 10.1. The topological polar surface area (TPSA) is 188 Å². The number of ether oxygens (including phenoxy) is 1. The molecule has 488 valence electrons. The predicted molar refractivity (Wildman–Crippen MR) is 412 cm³/mol. The first-order valence-corrected chi connectivity index (χ1v) is 35.6. The highest BCUT2D eigenvalue weighted by Crippen LogP contribution is 2.44. The molecule has 0 unspecified atom stereocenters. The Hall–Kier alpha value is -6.82. The number of aryl methyl sites for hydroxylation is 3. The lowest BCUT2D eigenvalue weighted by molar-refractivity contribution is -0.114. The van der Waals surface area contributed by atoms with Crippen molar-refractivity contribution < 1.29 is 53.5 Å². The van der Waals surface area contributed by atoms with Crippen LogP contribution in [-0.4, -0.2) is 69.4 Å². The van der Waals surface area contributed by atoms with Gasteiger partial charge in [-0.2, -0.15) is 0 Å². The zero-order chi connectivity index (χ0) is 69.6. The number of halogens is 7. The fourth-order valence-electron chi connectivity index (χ4n) is 9.12. The Bertz CT molecular complexity index is 4540. The monoisotopic (exact) mass is 1660 g/mol. The third-order valence-electron chi connectivity index (χ3n) is 13.7. The molecule has 4 aliphatic rings. The van der Waals surface area contributed by atoms with Crippen molar-refractivity contribution in [1.82, 2.24) is 0 Å². The Balaban J connectivity index is 0.000000150. The van der Waals surface area contributed by atoms with Crippen LogP contribution in [0.25, 0.3) is 24.3 Å². The second kappa shape index (κ2) is 32.2. The Morgan fingerprint density at radius 2 is 0.844 bits per heavy atom. The number of phenols is 4. The average Bonchev–Trinajstić information content (AvgIpc) is 1.67. The van der Waals surface area contributed by atoms with Crippen LogP contribution in [0, 0.1) is 26.6 Å². The molecule has 12 rings (SSSR count). The van der Waals surface area contributed by atoms with Crippen LogP contribution in [0.5, 0.6) is 28.7 Å². The van der Waals surface area contributed by atoms with Gasteiger partial charge >= 0.3 is 0 Å². The largest absolute Gasteiger partial charge is 0.508 e. The number of nitrogens with zero attached hydrogens (tertiary/aromatic N) is 4. The Morgan fingerprint density at radius 3 is 1.27 bits per heavy atom. The molecule has 0 saturated carbocycles. The third-order valence-corrected chi connectivity index (χ3v) is 21.1. The molecular formula is C68H45Br3Cl3FN4O10S7. The van der Waals surface area contributed by atoms with E-state index in [1.54, 1.807) is 159 Å². The number of methoxy groups -OCH3 is 1. The van der Waals surface area contributed by atoms with Crippen molar-refractivity contribution in [3.05, 3.63) is 245 Å². The molecule has 0 radical (unpaired) electrons. The van der Waals surface area contributed by atoms with Crippen molar-refractivity contribution in [2.24, 2.45) is 0 Å². The molecule has 8 aromatic rings. The molecule has 0 bridgehead atoms. The summed E-state index contributed by atoms with van der Waals surface area (Å²) in [7, 11) is 1.43. The lowest BCUT2D eigenvalue weighted by Crippen LogP contribution is -2.27. The van der Waals surface area contributed by atoms with E-state index in [2.05, 4.69) is 47.8 Å². The van der Waals surface area contributed by atoms with E-state index < -0.39 is 17.0 Å². The molecule has 0 spiro atoms. The highest BCUT2D eigenvalue weighted by Gasteiger charge is 2.39. The van der Waals surface area contributed by atoms with Gasteiger partial charge in [-0.05, 0) is 259 Å². The molecule has 14 nitrogen and oxygen atoms in total. The van der Waals surface area contributed by atoms with E-state index in [9.17, 15) is 48.8 Å². The van der Waals surface area contributed by atoms with Crippen LogP contribution >= 0.6 is 166 Å². The molecule has 0 aliphatic carbocycles. The first-order valence-electron chi connectivity index (χ1n) is 27.6. The fraction of sp³-hybridized carbons (Fsp3) is 0.0588. The quantitative estimate of drug-likeness (QED) is 0.0788. The molecule has 4 N–H and O–H groups in total. The molecule has 0 aromatic heterocycles. The second-order valence-electron chi connectivity index (χ2n) is 20.4. The molecule has 4 saturated heterocycles. The Kier molecular flexibility index (Phi) is 24.7. The number of thiocarbonyl (C=S) groups is 3. The molecule has 0 atom stereocenters. The number of thioether (sulfide) groups is 4. The summed E-state index contributed by atoms with van der Waals surface area (Å²) in [4.78, 5) is 70.0. The van der Waals surface area contributed by atoms with Crippen molar-refractivity contribution >= 4 is 255 Å². The van der Waals surface area contributed by atoms with Gasteiger partial charge in [0.2, 0.25) is 0 Å². The Labute approximate surface area is 623 Å². The number of para-hydroxylation sites is 1. The van der Waals surface area contributed by atoms with Gasteiger partial charge in [-0.1, -0.05) is 143 Å². The van der Waals surface area contributed by atoms with Crippen molar-refractivity contribution in [3.8, 4) is 28.7 Å². The summed E-state index contributed by atoms with van der Waals surface area (Å²) < 4.78 is 21.3. The van der Waals surface area contributed by atoms with Gasteiger partial charge in [0.25, 0.3) is 28.9 Å². The van der Waals surface area contributed by atoms with Crippen LogP contribution in [0.1, 0.15) is 38.9 Å². The van der Waals surface area contributed by atoms with Gasteiger partial charge in [-0.15, -0.1) is 0 Å². The van der Waals surface area contributed by atoms with Crippen LogP contribution in [0.15, 0.2) is 185 Å². The summed E-state index contributed by atoms with van der Waals surface area (Å²) in [6.07, 6.45) is 6.81. The number of hydrogen-bond acceptors (Lipinski definition) is 17. The van der Waals surface area contributed by atoms with E-state index in [0.29, 0.717) is 90.0 Å². The first-order chi connectivity index (χ1) is 45.6. The SMILES string of the molecule is COc1cc(/C=C2/SC(=O)N(c3ccccc3Cl)C2=O)cc(Br)c1O.Cc1cc(/C=C2/SC(=S)N(c3cccc(Cl)c3)C2=O)cc(Br)c1O.Cc1cc(/C=C2/SC(=S)N(c3cccc(Cl)c3)C2=O)ccc1O.Cc1cc(/C=C2/SC(=S)N(c3cccc(F)c3)C2=O)cc(Br)c1O. The van der Waals surface area contributed by atoms with Crippen LogP contribution in [0.2, 0.25) is 15.1 Å². The lowest BCUT2D eigenvalue weighted by Gasteiger charge is -2.14. The zero-order valence-corrected chi connectivity index (χ0v) is 62.5. The molecule has 8 aromatic carbocycles. The molecule has 4 heterocycles. The number of carbonyl (C=O) groups excluding carboxylic acids is 5. The summed E-state index contributed by atoms with van der Waals surface area (Å²) in [6, 6.07) is 41.9. The molecule has 28 heteroatoms. The van der Waals surface area contributed by atoms with Crippen LogP contribution < -0.4 is 24.3 Å². The van der Waals surface area contributed by atoms with Crippen molar-refractivity contribution in [2.45, 2.75) is 20.8 Å². The smallest absolute Gasteiger partial charge is 0.298 e. The summed E-state index contributed by atoms with van der Waals surface area (Å²) in [5, 5.41) is 40.0. The average molecular weight is 1670 g/mol. The number of aromatic hydroxyl groups is 4. The van der Waals surface area contributed by atoms with E-state index in [-0.39, 0.29) is 51.4 Å². The standard InChI is InChI=1S/C17H11BrClNO4S.C17H11BrClNO2S2.C17H11BrFNO2S2.C17H12ClNO2S2/c1-24-13-7-9(6-10(18)15(13)21)8-14-16(22)20(17(23)25-14)12-5-3-2-4-11(12)19;2*1-9-5-10(6-13(18)15(9)21)7-14-16(22)20(17(23)24-14)12-4-2-3-11(19)8-12;1-10-7-11(5-6-14(10)20)8-15-16(21)19(17(22)23-15)13-4-2-3-12(18)9-13/h2-8,21H,1H3;2*2-8,21H,1H3;2-9,20H,1H3/b14-8+;2*14-7+;15-8+. The molecule has 5 amide bonds. The summed E-state index contributed by atoms with van der Waals surface area (Å²) in [5.41, 5.74) is 7.24. The highest BCUT2D eigenvalue weighted by atomic mass is 79.9. The van der Waals surface area contributed by atoms with Crippen molar-refractivity contribution in [3.63, 3.8) is 0 Å². The molecule has 96 heavy (non-hydrogen) atoms. The number of rotatable bonds is 9. The molecule has 4 fully saturated rings. The fourth-order valence-corrected chi connectivity index (χ4v) is 16.1. The number of benzene rings is 8. The number of anilines is 4. The van der Waals surface area contributed by atoms with Gasteiger partial charge in [0, 0.05) is 10.0 Å². The van der Waals surface area contributed by atoms with E-state index in [1.807, 2.05) is 19.1 Å². The van der Waals surface area contributed by atoms with Gasteiger partial charge in [0.1, 0.15) is 23.1 Å². The Morgan fingerprint density at radius 1 is 0.448 bits per heavy atom. The number of phenolic OH excluding ortho intramolecular Hbond substituents is 4. The molecule has 4 aliphatic heterocycles. The maximum Gasteiger partial charge on any atom is 0.298 e. The number of amides is 5. The van der Waals surface area contributed by atoms with Crippen molar-refractivity contribution in [2.75, 3.05) is 26.7 Å². The van der Waals surface area contributed by atoms with Gasteiger partial charge in [0.05, 0.1) is 67.9 Å². The van der Waals surface area contributed by atoms with Gasteiger partial charge in [-0.3, -0.25) is 38.7 Å². The predicted octanol–water partition coefficient (Wildman–Crippen LogP) is 20.3. The second-order valence-corrected chi connectivity index (χ2v) is 30.3. The van der Waals surface area contributed by atoms with E-state index in [0.717, 1.165) is 56.2 Å². The number of carbonyl (C=O) groups is 5. The van der Waals surface area contributed by atoms with E-state index in [1.165, 1.54) is 63.5 Å². The number of hydrogen-bond donors (Lipinski definition) is 4. The van der Waals surface area contributed by atoms with Crippen LogP contribution in [0.3, 0.4) is 0 Å². The van der Waals surface area contributed by atoms with Crippen LogP contribution in [0.4, 0.5) is 31.9 Å². The van der Waals surface area contributed by atoms with Gasteiger partial charge in [-0.25, -0.2) is 9.29 Å². The third kappa shape index (κ3) is 17.4. The maximum absolute atomic E-state index is 13.4. The minimum absolute atomic E-state index is 0.0381. The van der Waals surface area contributed by atoms with Crippen LogP contribution in [-0.2, 0) is 19.2 Å². The first kappa shape index (κ1) is 73.4. The number of imide groups is 1. The normalized spacial score (nSPS) is 16.2. The molecular weight excluding hydrogens is 1620 g/mol. The van der Waals surface area contributed by atoms with E-state index >= 15 is 0 Å². The van der Waals surface area contributed by atoms with Gasteiger partial charge in [0.15, 0.2) is 24.5 Å². The summed E-state index contributed by atoms with van der Waals surface area (Å²) in [5.74, 6) is -0.726.